The van der Waals surface area contributed by atoms with E-state index in [1.54, 1.807) is 0 Å². The van der Waals surface area contributed by atoms with Gasteiger partial charge in [0.1, 0.15) is 0 Å². The number of ether oxygens (including phenoxy) is 1. The van der Waals surface area contributed by atoms with Crippen molar-refractivity contribution < 1.29 is 9.84 Å². The quantitative estimate of drug-likeness (QED) is 0.624. The van der Waals surface area contributed by atoms with E-state index in [-0.39, 0.29) is 0 Å². The largest absolute Gasteiger partial charge is 0.364 e. The number of aliphatic hydroxyl groups excluding tert-OH is 1. The summed E-state index contributed by atoms with van der Waals surface area (Å²) in [7, 11) is 1.47. The third-order valence-corrected chi connectivity index (χ3v) is 1.31. The van der Waals surface area contributed by atoms with Gasteiger partial charge in [-0.3, -0.25) is 0 Å². The van der Waals surface area contributed by atoms with Gasteiger partial charge in [0.05, 0.1) is 0 Å². The van der Waals surface area contributed by atoms with Crippen LogP contribution in [0.3, 0.4) is 0 Å². The zero-order valence-electron chi connectivity index (χ0n) is 5.82. The fourth-order valence-electron chi connectivity index (χ4n) is 0.754. The Kier molecular flexibility index (Phi) is 2.42. The zero-order chi connectivity index (χ0) is 7.40. The number of rotatable bonds is 2. The molecule has 1 unspecified atom stereocenters. The molecule has 0 aliphatic rings. The van der Waals surface area contributed by atoms with E-state index in [1.165, 1.54) is 7.11 Å². The molecule has 1 atom stereocenters. The second-order valence-electron chi connectivity index (χ2n) is 2.00. The maximum Gasteiger partial charge on any atom is 0.180 e. The van der Waals surface area contributed by atoms with Crippen molar-refractivity contribution in [1.29, 1.82) is 0 Å². The highest BCUT2D eigenvalue weighted by Crippen LogP contribution is 2.10. The van der Waals surface area contributed by atoms with Crippen molar-refractivity contribution in [3.8, 4) is 0 Å². The Balaban J connectivity index is 2.75. The predicted molar refractivity (Wildman–Crippen MR) is 38.4 cm³/mol. The van der Waals surface area contributed by atoms with E-state index in [1.807, 2.05) is 30.3 Å². The Bertz CT molecular complexity index is 184. The maximum absolute atomic E-state index is 9.11. The molecule has 0 bridgehead atoms. The molecule has 0 saturated heterocycles. The zero-order valence-corrected chi connectivity index (χ0v) is 5.82. The summed E-state index contributed by atoms with van der Waals surface area (Å²) in [6.45, 7) is 0. The van der Waals surface area contributed by atoms with Crippen molar-refractivity contribution in [2.45, 2.75) is 6.29 Å². The van der Waals surface area contributed by atoms with E-state index >= 15 is 0 Å². The maximum atomic E-state index is 9.11. The van der Waals surface area contributed by atoms with Crippen molar-refractivity contribution in [2.24, 2.45) is 0 Å². The fourth-order valence-corrected chi connectivity index (χ4v) is 0.754. The van der Waals surface area contributed by atoms with Crippen LogP contribution in [0.2, 0.25) is 0 Å². The predicted octanol–water partition coefficient (Wildman–Crippen LogP) is 1.32. The third kappa shape index (κ3) is 1.56. The molecular weight excluding hydrogens is 128 g/mol. The minimum absolute atomic E-state index is 0.782. The van der Waals surface area contributed by atoms with E-state index < -0.39 is 6.29 Å². The van der Waals surface area contributed by atoms with E-state index in [0.717, 1.165) is 5.56 Å². The summed E-state index contributed by atoms with van der Waals surface area (Å²) in [6, 6.07) is 9.24. The highest BCUT2D eigenvalue weighted by molar-refractivity contribution is 5.15. The van der Waals surface area contributed by atoms with Crippen LogP contribution in [0.15, 0.2) is 30.3 Å². The summed E-state index contributed by atoms with van der Waals surface area (Å²) in [5.41, 5.74) is 0.782. The van der Waals surface area contributed by atoms with Crippen LogP contribution in [0, 0.1) is 0 Å². The standard InChI is InChI=1S/C8H10O2/c1-10-8(9)7-5-3-2-4-6-7/h2-6,8-9H,1H3. The average molecular weight is 138 g/mol. The first-order valence-electron chi connectivity index (χ1n) is 3.10. The molecular formula is C8H10O2. The van der Waals surface area contributed by atoms with E-state index in [4.69, 9.17) is 9.84 Å². The molecule has 10 heavy (non-hydrogen) atoms. The topological polar surface area (TPSA) is 29.5 Å². The van der Waals surface area contributed by atoms with Gasteiger partial charge in [-0.05, 0) is 0 Å². The van der Waals surface area contributed by atoms with Gasteiger partial charge in [0.2, 0.25) is 0 Å². The number of methoxy groups -OCH3 is 1. The number of hydrogen-bond acceptors (Lipinski definition) is 2. The summed E-state index contributed by atoms with van der Waals surface area (Å²) >= 11 is 0. The smallest absolute Gasteiger partial charge is 0.180 e. The lowest BCUT2D eigenvalue weighted by atomic mass is 10.2. The monoisotopic (exact) mass is 138 g/mol. The van der Waals surface area contributed by atoms with Crippen LogP contribution in [-0.2, 0) is 4.74 Å². The molecule has 54 valence electrons. The first-order chi connectivity index (χ1) is 4.84. The molecule has 2 nitrogen and oxygen atoms in total. The molecule has 1 rings (SSSR count). The van der Waals surface area contributed by atoms with Gasteiger partial charge in [-0.25, -0.2) is 0 Å². The van der Waals surface area contributed by atoms with Gasteiger partial charge in [-0.2, -0.15) is 0 Å². The van der Waals surface area contributed by atoms with E-state index in [0.29, 0.717) is 0 Å². The van der Waals surface area contributed by atoms with Crippen LogP contribution in [0.1, 0.15) is 11.9 Å². The van der Waals surface area contributed by atoms with Crippen LogP contribution >= 0.6 is 0 Å². The van der Waals surface area contributed by atoms with Crippen LogP contribution in [0.25, 0.3) is 0 Å². The van der Waals surface area contributed by atoms with Gasteiger partial charge in [0.25, 0.3) is 0 Å². The lowest BCUT2D eigenvalue weighted by Crippen LogP contribution is -1.97. The van der Waals surface area contributed by atoms with E-state index in [9.17, 15) is 0 Å². The third-order valence-electron chi connectivity index (χ3n) is 1.31. The number of aliphatic hydroxyl groups is 1. The van der Waals surface area contributed by atoms with Crippen LogP contribution in [-0.4, -0.2) is 12.2 Å². The van der Waals surface area contributed by atoms with Crippen LogP contribution < -0.4 is 0 Å². The molecule has 0 saturated carbocycles. The summed E-state index contributed by atoms with van der Waals surface area (Å²) in [5, 5.41) is 9.11. The summed E-state index contributed by atoms with van der Waals surface area (Å²) in [6.07, 6.45) is -0.791. The number of benzene rings is 1. The lowest BCUT2D eigenvalue weighted by Gasteiger charge is -2.06. The second kappa shape index (κ2) is 3.34. The van der Waals surface area contributed by atoms with Crippen molar-refractivity contribution in [2.75, 3.05) is 7.11 Å². The Morgan fingerprint density at radius 3 is 2.40 bits per heavy atom. The van der Waals surface area contributed by atoms with Crippen molar-refractivity contribution in [3.63, 3.8) is 0 Å². The molecule has 0 aliphatic heterocycles. The summed E-state index contributed by atoms with van der Waals surface area (Å²) in [5.74, 6) is 0. The molecule has 1 aromatic carbocycles. The SMILES string of the molecule is COC(O)c1ccccc1. The molecule has 0 aromatic heterocycles. The molecule has 1 aromatic rings. The fraction of sp³-hybridized carbons (Fsp3) is 0.250. The second-order valence-corrected chi connectivity index (χ2v) is 2.00. The highest BCUT2D eigenvalue weighted by atomic mass is 16.6. The van der Waals surface area contributed by atoms with Crippen LogP contribution in [0.4, 0.5) is 0 Å². The molecule has 0 radical (unpaired) electrons. The first kappa shape index (κ1) is 7.25. The molecule has 0 amide bonds. The average Bonchev–Trinajstić information content (AvgIpc) is 2.05. The van der Waals surface area contributed by atoms with Crippen LogP contribution in [0.5, 0.6) is 0 Å². The Morgan fingerprint density at radius 1 is 1.30 bits per heavy atom. The molecule has 0 fully saturated rings. The lowest BCUT2D eigenvalue weighted by molar-refractivity contribution is -0.0769. The van der Waals surface area contributed by atoms with Gasteiger partial charge in [-0.15, -0.1) is 0 Å². The van der Waals surface area contributed by atoms with Gasteiger partial charge >= 0.3 is 0 Å². The molecule has 0 heterocycles. The van der Waals surface area contributed by atoms with Gasteiger partial charge < -0.3 is 9.84 Å². The van der Waals surface area contributed by atoms with Gasteiger partial charge in [0, 0.05) is 12.7 Å². The summed E-state index contributed by atoms with van der Waals surface area (Å²) in [4.78, 5) is 0. The van der Waals surface area contributed by atoms with E-state index in [2.05, 4.69) is 0 Å². The van der Waals surface area contributed by atoms with Crippen molar-refractivity contribution in [3.05, 3.63) is 35.9 Å². The molecule has 0 spiro atoms. The molecule has 0 aliphatic carbocycles. The Hall–Kier alpha value is -0.860. The number of hydrogen-bond donors (Lipinski definition) is 1. The minimum Gasteiger partial charge on any atom is -0.364 e. The first-order valence-corrected chi connectivity index (χ1v) is 3.10. The van der Waals surface area contributed by atoms with Gasteiger partial charge in [0.15, 0.2) is 6.29 Å². The molecule has 2 heteroatoms. The van der Waals surface area contributed by atoms with Crippen molar-refractivity contribution in [1.82, 2.24) is 0 Å². The Labute approximate surface area is 60.1 Å². The van der Waals surface area contributed by atoms with Gasteiger partial charge in [-0.1, -0.05) is 30.3 Å². The highest BCUT2D eigenvalue weighted by Gasteiger charge is 2.01. The van der Waals surface area contributed by atoms with Crippen molar-refractivity contribution >= 4 is 0 Å². The Morgan fingerprint density at radius 2 is 1.90 bits per heavy atom. The summed E-state index contributed by atoms with van der Waals surface area (Å²) < 4.78 is 4.69. The normalized spacial score (nSPS) is 13.0. The molecule has 1 N–H and O–H groups in total. The minimum atomic E-state index is -0.791.